The van der Waals surface area contributed by atoms with E-state index >= 15 is 0 Å². The van der Waals surface area contributed by atoms with Crippen LogP contribution < -0.4 is 4.74 Å². The van der Waals surface area contributed by atoms with Crippen LogP contribution in [0.5, 0.6) is 11.5 Å². The summed E-state index contributed by atoms with van der Waals surface area (Å²) in [4.78, 5) is 0. The van der Waals surface area contributed by atoms with Crippen molar-refractivity contribution in [3.05, 3.63) is 179 Å². The van der Waals surface area contributed by atoms with E-state index in [9.17, 15) is 0 Å². The molecule has 0 amide bonds. The molecule has 10 rings (SSSR count). The van der Waals surface area contributed by atoms with Crippen LogP contribution in [0.4, 0.5) is 0 Å². The van der Waals surface area contributed by atoms with Gasteiger partial charge in [-0.25, -0.2) is 0 Å². The lowest BCUT2D eigenvalue weighted by molar-refractivity contribution is 0.419. The third-order valence-electron chi connectivity index (χ3n) is 10.7. The molecule has 7 aromatic carbocycles. The van der Waals surface area contributed by atoms with Crippen molar-refractivity contribution in [3.63, 3.8) is 0 Å². The van der Waals surface area contributed by atoms with Crippen molar-refractivity contribution in [2.24, 2.45) is 0 Å². The van der Waals surface area contributed by atoms with E-state index in [-0.39, 0.29) is 5.41 Å². The Bertz CT molecular complexity index is 2390. The lowest BCUT2D eigenvalue weighted by atomic mass is 9.61. The molecule has 45 heavy (non-hydrogen) atoms. The zero-order valence-electron chi connectivity index (χ0n) is 25.3. The molecule has 1 atom stereocenters. The molecule has 0 saturated heterocycles. The Labute approximate surface area is 263 Å². The van der Waals surface area contributed by atoms with Gasteiger partial charge in [0, 0.05) is 22.1 Å². The van der Waals surface area contributed by atoms with Crippen LogP contribution in [-0.2, 0) is 10.8 Å². The molecular formula is C44H30O. The minimum absolute atomic E-state index is 0.182. The average molecular weight is 575 g/mol. The molecule has 0 saturated carbocycles. The van der Waals surface area contributed by atoms with E-state index in [0.29, 0.717) is 0 Å². The summed E-state index contributed by atoms with van der Waals surface area (Å²) in [6.45, 7) is 4.63. The third-order valence-corrected chi connectivity index (χ3v) is 10.7. The molecular weight excluding hydrogens is 544 g/mol. The number of para-hydroxylation sites is 2. The van der Waals surface area contributed by atoms with Gasteiger partial charge in [-0.15, -0.1) is 0 Å². The summed E-state index contributed by atoms with van der Waals surface area (Å²) in [5.74, 6) is 1.90. The normalized spacial score (nSPS) is 17.6. The van der Waals surface area contributed by atoms with Gasteiger partial charge in [-0.1, -0.05) is 153 Å². The minimum Gasteiger partial charge on any atom is -0.456 e. The Kier molecular flexibility index (Phi) is 4.78. The van der Waals surface area contributed by atoms with E-state index in [1.807, 2.05) is 0 Å². The fourth-order valence-corrected chi connectivity index (χ4v) is 8.88. The highest BCUT2D eigenvalue weighted by Gasteiger charge is 2.50. The van der Waals surface area contributed by atoms with Gasteiger partial charge in [0.1, 0.15) is 11.5 Å². The van der Waals surface area contributed by atoms with Crippen LogP contribution in [0.15, 0.2) is 146 Å². The first kappa shape index (κ1) is 25.0. The molecule has 2 aliphatic carbocycles. The summed E-state index contributed by atoms with van der Waals surface area (Å²) in [6.07, 6.45) is 0. The zero-order valence-corrected chi connectivity index (χ0v) is 25.3. The second kappa shape index (κ2) is 8.61. The maximum atomic E-state index is 6.83. The summed E-state index contributed by atoms with van der Waals surface area (Å²) < 4.78 is 6.83. The van der Waals surface area contributed by atoms with E-state index in [4.69, 9.17) is 4.74 Å². The highest BCUT2D eigenvalue weighted by molar-refractivity contribution is 6.08. The fraction of sp³-hybridized carbons (Fsp3) is 0.0909. The van der Waals surface area contributed by atoms with Crippen molar-refractivity contribution in [2.75, 3.05) is 0 Å². The van der Waals surface area contributed by atoms with Crippen molar-refractivity contribution in [1.29, 1.82) is 0 Å². The third kappa shape index (κ3) is 2.99. The smallest absolute Gasteiger partial charge is 0.139 e. The maximum absolute atomic E-state index is 6.83. The average Bonchev–Trinajstić information content (AvgIpc) is 3.38. The standard InChI is InChI=1S/C44H30O/c1-43(2)35-22-7-8-26-39(35)45-42-31(19-12-25-38(42)43)30-18-11-24-37-41(30)32-16-4-6-21-34(32)44(37)33-20-5-3-15-28(33)29-17-9-13-27-14-10-23-36(44)40(27)29/h3-26H,1-2H3. The van der Waals surface area contributed by atoms with Gasteiger partial charge in [0.25, 0.3) is 0 Å². The van der Waals surface area contributed by atoms with Crippen molar-refractivity contribution < 1.29 is 4.74 Å². The van der Waals surface area contributed by atoms with Gasteiger partial charge in [-0.05, 0) is 66.9 Å². The quantitative estimate of drug-likeness (QED) is 0.189. The molecule has 1 spiro atoms. The predicted molar refractivity (Wildman–Crippen MR) is 184 cm³/mol. The first-order valence-corrected chi connectivity index (χ1v) is 15.9. The Hall–Kier alpha value is -5.40. The van der Waals surface area contributed by atoms with Crippen LogP contribution in [0.1, 0.15) is 47.2 Å². The number of benzene rings is 7. The molecule has 3 aliphatic rings. The van der Waals surface area contributed by atoms with Gasteiger partial charge in [0.15, 0.2) is 0 Å². The molecule has 0 aromatic heterocycles. The second-order valence-corrected chi connectivity index (χ2v) is 13.2. The number of ether oxygens (including phenoxy) is 1. The van der Waals surface area contributed by atoms with Crippen molar-refractivity contribution in [3.8, 4) is 44.9 Å². The molecule has 1 aliphatic heterocycles. The topological polar surface area (TPSA) is 9.23 Å². The lowest BCUT2D eigenvalue weighted by Crippen LogP contribution is -2.31. The summed E-state index contributed by atoms with van der Waals surface area (Å²) >= 11 is 0. The molecule has 0 radical (unpaired) electrons. The molecule has 1 heteroatoms. The number of fused-ring (bicyclic) bond motifs is 11. The van der Waals surface area contributed by atoms with Crippen LogP contribution in [0.2, 0.25) is 0 Å². The summed E-state index contributed by atoms with van der Waals surface area (Å²) in [7, 11) is 0. The Morgan fingerprint density at radius 3 is 1.76 bits per heavy atom. The molecule has 1 unspecified atom stereocenters. The summed E-state index contributed by atoms with van der Waals surface area (Å²) in [6, 6.07) is 53.9. The number of hydrogen-bond donors (Lipinski definition) is 0. The van der Waals surface area contributed by atoms with E-state index in [0.717, 1.165) is 17.1 Å². The SMILES string of the molecule is CC1(C)c2ccccc2Oc2c(-c3cccc4c3-c3ccccc3C43c4ccccc4-c4cccc5cccc3c45)cccc21. The number of rotatable bonds is 1. The molecule has 0 fully saturated rings. The van der Waals surface area contributed by atoms with Gasteiger partial charge >= 0.3 is 0 Å². The van der Waals surface area contributed by atoms with E-state index in [2.05, 4.69) is 159 Å². The minimum atomic E-state index is -0.437. The van der Waals surface area contributed by atoms with Crippen molar-refractivity contribution in [2.45, 2.75) is 24.7 Å². The first-order valence-electron chi connectivity index (χ1n) is 15.9. The maximum Gasteiger partial charge on any atom is 0.139 e. The molecule has 0 N–H and O–H groups in total. The van der Waals surface area contributed by atoms with Gasteiger partial charge in [0.2, 0.25) is 0 Å². The van der Waals surface area contributed by atoms with Crippen LogP contribution in [0, 0.1) is 0 Å². The van der Waals surface area contributed by atoms with E-state index in [1.54, 1.807) is 0 Å². The van der Waals surface area contributed by atoms with Gasteiger partial charge < -0.3 is 4.74 Å². The zero-order chi connectivity index (χ0) is 29.9. The Morgan fingerprint density at radius 2 is 0.933 bits per heavy atom. The van der Waals surface area contributed by atoms with Gasteiger partial charge in [-0.2, -0.15) is 0 Å². The molecule has 212 valence electrons. The highest BCUT2D eigenvalue weighted by Crippen LogP contribution is 2.64. The van der Waals surface area contributed by atoms with Crippen LogP contribution in [0.25, 0.3) is 44.2 Å². The van der Waals surface area contributed by atoms with Crippen LogP contribution in [0.3, 0.4) is 0 Å². The van der Waals surface area contributed by atoms with Crippen molar-refractivity contribution >= 4 is 10.8 Å². The van der Waals surface area contributed by atoms with Crippen LogP contribution in [-0.4, -0.2) is 0 Å². The lowest BCUT2D eigenvalue weighted by Gasteiger charge is -2.40. The second-order valence-electron chi connectivity index (χ2n) is 13.2. The predicted octanol–water partition coefficient (Wildman–Crippen LogP) is 11.3. The fourth-order valence-electron chi connectivity index (χ4n) is 8.88. The van der Waals surface area contributed by atoms with Crippen molar-refractivity contribution in [1.82, 2.24) is 0 Å². The van der Waals surface area contributed by atoms with Gasteiger partial charge in [-0.3, -0.25) is 0 Å². The largest absolute Gasteiger partial charge is 0.456 e. The molecule has 1 nitrogen and oxygen atoms in total. The highest BCUT2D eigenvalue weighted by atomic mass is 16.5. The van der Waals surface area contributed by atoms with E-state index < -0.39 is 5.41 Å². The summed E-state index contributed by atoms with van der Waals surface area (Å²) in [5.41, 5.74) is 14.8. The molecule has 0 bridgehead atoms. The van der Waals surface area contributed by atoms with E-state index in [1.165, 1.54) is 72.0 Å². The molecule has 7 aromatic rings. The molecule has 1 heterocycles. The summed E-state index contributed by atoms with van der Waals surface area (Å²) in [5, 5.41) is 2.64. The first-order chi connectivity index (χ1) is 22.1. The van der Waals surface area contributed by atoms with Gasteiger partial charge in [0.05, 0.1) is 5.41 Å². The Balaban J connectivity index is 1.33. The Morgan fingerprint density at radius 1 is 0.400 bits per heavy atom. The number of hydrogen-bond acceptors (Lipinski definition) is 1. The monoisotopic (exact) mass is 574 g/mol. The van der Waals surface area contributed by atoms with Crippen LogP contribution >= 0.6 is 0 Å².